The van der Waals surface area contributed by atoms with E-state index in [0.717, 1.165) is 39.0 Å². The first-order valence-corrected chi connectivity index (χ1v) is 6.50. The van der Waals surface area contributed by atoms with E-state index in [-0.39, 0.29) is 18.6 Å². The van der Waals surface area contributed by atoms with Crippen molar-refractivity contribution in [3.05, 3.63) is 0 Å². The maximum absolute atomic E-state index is 12.0. The van der Waals surface area contributed by atoms with E-state index in [1.54, 1.807) is 0 Å². The molecule has 17 heavy (non-hydrogen) atoms. The van der Waals surface area contributed by atoms with Crippen LogP contribution >= 0.6 is 0 Å². The summed E-state index contributed by atoms with van der Waals surface area (Å²) in [6.07, 6.45) is 2.35. The number of amides is 1. The van der Waals surface area contributed by atoms with Crippen molar-refractivity contribution in [1.29, 1.82) is 0 Å². The van der Waals surface area contributed by atoms with Crippen LogP contribution in [0.4, 0.5) is 0 Å². The Morgan fingerprint density at radius 2 is 2.41 bits per heavy atom. The van der Waals surface area contributed by atoms with Crippen molar-refractivity contribution >= 4 is 5.91 Å². The fraction of sp³-hybridized carbons (Fsp3) is 0.917. The van der Waals surface area contributed by atoms with Crippen molar-refractivity contribution in [2.45, 2.75) is 25.4 Å². The lowest BCUT2D eigenvalue weighted by atomic mass is 10.1. The lowest BCUT2D eigenvalue weighted by Crippen LogP contribution is -2.42. The molecule has 2 heterocycles. The number of hydrogen-bond donors (Lipinski definition) is 2. The smallest absolute Gasteiger partial charge is 0.225 e. The molecule has 0 aromatic rings. The zero-order chi connectivity index (χ0) is 12.1. The van der Waals surface area contributed by atoms with Gasteiger partial charge in [0.25, 0.3) is 0 Å². The second-order valence-corrected chi connectivity index (χ2v) is 4.91. The van der Waals surface area contributed by atoms with E-state index in [1.807, 2.05) is 4.90 Å². The van der Waals surface area contributed by atoms with E-state index < -0.39 is 0 Å². The van der Waals surface area contributed by atoms with Crippen molar-refractivity contribution in [2.24, 2.45) is 5.92 Å². The van der Waals surface area contributed by atoms with Gasteiger partial charge in [-0.25, -0.2) is 0 Å². The van der Waals surface area contributed by atoms with Crippen LogP contribution in [0.1, 0.15) is 19.3 Å². The van der Waals surface area contributed by atoms with Gasteiger partial charge in [-0.05, 0) is 18.8 Å². The van der Waals surface area contributed by atoms with Gasteiger partial charge in [0.2, 0.25) is 5.91 Å². The molecule has 0 aliphatic carbocycles. The van der Waals surface area contributed by atoms with Crippen molar-refractivity contribution in [1.82, 2.24) is 10.2 Å². The number of carbonyl (C=O) groups is 1. The summed E-state index contributed by atoms with van der Waals surface area (Å²) in [6, 6.07) is 0. The third kappa shape index (κ3) is 3.66. The summed E-state index contributed by atoms with van der Waals surface area (Å²) in [5.74, 6) is 0.675. The lowest BCUT2D eigenvalue weighted by molar-refractivity contribution is -0.133. The molecule has 2 N–H and O–H groups in total. The van der Waals surface area contributed by atoms with Gasteiger partial charge >= 0.3 is 0 Å². The Hall–Kier alpha value is -0.650. The summed E-state index contributed by atoms with van der Waals surface area (Å²) < 4.78 is 5.53. The van der Waals surface area contributed by atoms with Crippen LogP contribution in [0.2, 0.25) is 0 Å². The Morgan fingerprint density at radius 3 is 3.12 bits per heavy atom. The van der Waals surface area contributed by atoms with Crippen LogP contribution in [0.3, 0.4) is 0 Å². The first-order valence-electron chi connectivity index (χ1n) is 6.50. The molecule has 1 amide bonds. The van der Waals surface area contributed by atoms with E-state index in [0.29, 0.717) is 18.9 Å². The summed E-state index contributed by atoms with van der Waals surface area (Å²) in [5.41, 5.74) is 0. The molecular formula is C12H22N2O3. The molecule has 0 radical (unpaired) electrons. The minimum Gasteiger partial charge on any atom is -0.396 e. The molecule has 5 nitrogen and oxygen atoms in total. The summed E-state index contributed by atoms with van der Waals surface area (Å²) in [7, 11) is 0. The maximum Gasteiger partial charge on any atom is 0.225 e. The quantitative estimate of drug-likeness (QED) is 0.704. The van der Waals surface area contributed by atoms with E-state index >= 15 is 0 Å². The molecular weight excluding hydrogens is 220 g/mol. The second kappa shape index (κ2) is 6.33. The summed E-state index contributed by atoms with van der Waals surface area (Å²) in [4.78, 5) is 13.9. The standard InChI is InChI=1S/C12H22N2O3/c15-5-2-10-1-4-14(9-10)12(16)7-11-8-13-3-6-17-11/h10-11,13,15H,1-9H2. The van der Waals surface area contributed by atoms with Crippen LogP contribution < -0.4 is 5.32 Å². The van der Waals surface area contributed by atoms with Crippen molar-refractivity contribution in [2.75, 3.05) is 39.4 Å². The highest BCUT2D eigenvalue weighted by Gasteiger charge is 2.27. The molecule has 0 saturated carbocycles. The molecule has 0 bridgehead atoms. The van der Waals surface area contributed by atoms with E-state index in [2.05, 4.69) is 5.32 Å². The van der Waals surface area contributed by atoms with E-state index in [4.69, 9.17) is 9.84 Å². The van der Waals surface area contributed by atoms with Gasteiger partial charge < -0.3 is 20.1 Å². The molecule has 2 rings (SSSR count). The molecule has 2 fully saturated rings. The average Bonchev–Trinajstić information content (AvgIpc) is 2.79. The third-order valence-corrected chi connectivity index (χ3v) is 3.58. The summed E-state index contributed by atoms with van der Waals surface area (Å²) in [5, 5.41) is 12.1. The Bertz CT molecular complexity index is 254. The number of carbonyl (C=O) groups excluding carboxylic acids is 1. The molecule has 0 aromatic heterocycles. The van der Waals surface area contributed by atoms with Crippen LogP contribution in [-0.2, 0) is 9.53 Å². The fourth-order valence-electron chi connectivity index (χ4n) is 2.55. The van der Waals surface area contributed by atoms with E-state index in [1.165, 1.54) is 0 Å². The number of hydrogen-bond acceptors (Lipinski definition) is 4. The molecule has 2 aliphatic heterocycles. The Kier molecular flexibility index (Phi) is 4.76. The number of nitrogens with one attached hydrogen (secondary N) is 1. The van der Waals surface area contributed by atoms with Gasteiger partial charge in [-0.1, -0.05) is 0 Å². The van der Waals surface area contributed by atoms with Crippen molar-refractivity contribution in [3.8, 4) is 0 Å². The number of nitrogens with zero attached hydrogens (tertiary/aromatic N) is 1. The number of aliphatic hydroxyl groups excluding tert-OH is 1. The second-order valence-electron chi connectivity index (χ2n) is 4.91. The van der Waals surface area contributed by atoms with Crippen molar-refractivity contribution in [3.63, 3.8) is 0 Å². The zero-order valence-electron chi connectivity index (χ0n) is 10.2. The van der Waals surface area contributed by atoms with Gasteiger partial charge in [0.1, 0.15) is 0 Å². The van der Waals surface area contributed by atoms with Gasteiger partial charge in [0, 0.05) is 32.8 Å². The SMILES string of the molecule is O=C(CC1CNCCO1)N1CCC(CCO)C1. The van der Waals surface area contributed by atoms with Crippen LogP contribution in [0.15, 0.2) is 0 Å². The van der Waals surface area contributed by atoms with Crippen LogP contribution in [0.25, 0.3) is 0 Å². The number of rotatable bonds is 4. The first kappa shape index (κ1) is 12.8. The zero-order valence-corrected chi connectivity index (χ0v) is 10.2. The Morgan fingerprint density at radius 1 is 1.53 bits per heavy atom. The highest BCUT2D eigenvalue weighted by atomic mass is 16.5. The van der Waals surface area contributed by atoms with Gasteiger partial charge in [-0.2, -0.15) is 0 Å². The van der Waals surface area contributed by atoms with E-state index in [9.17, 15) is 4.79 Å². The number of aliphatic hydroxyl groups is 1. The summed E-state index contributed by atoms with van der Waals surface area (Å²) >= 11 is 0. The Labute approximate surface area is 102 Å². The highest BCUT2D eigenvalue weighted by molar-refractivity contribution is 5.77. The molecule has 2 unspecified atom stereocenters. The highest BCUT2D eigenvalue weighted by Crippen LogP contribution is 2.20. The molecule has 5 heteroatoms. The lowest BCUT2D eigenvalue weighted by Gasteiger charge is -2.25. The fourth-order valence-corrected chi connectivity index (χ4v) is 2.55. The molecule has 2 aliphatic rings. The normalized spacial score (nSPS) is 29.6. The number of morpholine rings is 1. The van der Waals surface area contributed by atoms with Gasteiger partial charge in [-0.3, -0.25) is 4.79 Å². The maximum atomic E-state index is 12.0. The van der Waals surface area contributed by atoms with Gasteiger partial charge in [-0.15, -0.1) is 0 Å². The third-order valence-electron chi connectivity index (χ3n) is 3.58. The van der Waals surface area contributed by atoms with Crippen molar-refractivity contribution < 1.29 is 14.6 Å². The molecule has 0 aromatic carbocycles. The number of ether oxygens (including phenoxy) is 1. The topological polar surface area (TPSA) is 61.8 Å². The minimum atomic E-state index is 0.0353. The summed E-state index contributed by atoms with van der Waals surface area (Å²) in [6.45, 7) is 4.23. The van der Waals surface area contributed by atoms with Crippen LogP contribution in [-0.4, -0.2) is 61.4 Å². The Balaban J connectivity index is 1.72. The monoisotopic (exact) mass is 242 g/mol. The molecule has 2 atom stereocenters. The predicted octanol–water partition coefficient (Wildman–Crippen LogP) is -0.404. The van der Waals surface area contributed by atoms with Crippen LogP contribution in [0, 0.1) is 5.92 Å². The minimum absolute atomic E-state index is 0.0353. The van der Waals surface area contributed by atoms with Crippen LogP contribution in [0.5, 0.6) is 0 Å². The first-order chi connectivity index (χ1) is 8.29. The van der Waals surface area contributed by atoms with Gasteiger partial charge in [0.15, 0.2) is 0 Å². The average molecular weight is 242 g/mol. The number of likely N-dealkylation sites (tertiary alicyclic amines) is 1. The predicted molar refractivity (Wildman–Crippen MR) is 63.6 cm³/mol. The van der Waals surface area contributed by atoms with Gasteiger partial charge in [0.05, 0.1) is 19.1 Å². The molecule has 0 spiro atoms. The molecule has 98 valence electrons. The largest absolute Gasteiger partial charge is 0.396 e. The molecule has 2 saturated heterocycles.